The molecule has 2 aromatic carbocycles. The standard InChI is InChI=1S/C20H20FN3O4S/c1-14-7-6-10-16(18(14)21)11-29(27,28)12-17(20(26)24(2)13-22)23-19(25)15-8-4-3-5-9-15/h3-10,17H,11-12H2,1-2H3,(H,23,25). The van der Waals surface area contributed by atoms with Gasteiger partial charge in [-0.1, -0.05) is 36.4 Å². The largest absolute Gasteiger partial charge is 0.339 e. The van der Waals surface area contributed by atoms with Crippen LogP contribution in [0.1, 0.15) is 21.5 Å². The number of carbonyl (C=O) groups is 2. The van der Waals surface area contributed by atoms with Crippen LogP contribution in [0.15, 0.2) is 48.5 Å². The predicted molar refractivity (Wildman–Crippen MR) is 105 cm³/mol. The Bertz CT molecular complexity index is 1050. The average Bonchev–Trinajstić information content (AvgIpc) is 2.70. The highest BCUT2D eigenvalue weighted by Gasteiger charge is 2.30. The van der Waals surface area contributed by atoms with E-state index in [2.05, 4.69) is 5.32 Å². The molecule has 0 fully saturated rings. The maximum absolute atomic E-state index is 14.2. The molecule has 2 rings (SSSR count). The Labute approximate surface area is 168 Å². The molecule has 2 amide bonds. The zero-order valence-electron chi connectivity index (χ0n) is 15.9. The summed E-state index contributed by atoms with van der Waals surface area (Å²) < 4.78 is 39.5. The van der Waals surface area contributed by atoms with E-state index in [1.807, 2.05) is 0 Å². The van der Waals surface area contributed by atoms with Crippen LogP contribution in [-0.2, 0) is 20.4 Å². The summed E-state index contributed by atoms with van der Waals surface area (Å²) in [4.78, 5) is 25.5. The summed E-state index contributed by atoms with van der Waals surface area (Å²) in [5, 5.41) is 11.3. The average molecular weight is 417 g/mol. The van der Waals surface area contributed by atoms with Gasteiger partial charge >= 0.3 is 0 Å². The third-order valence-corrected chi connectivity index (χ3v) is 5.78. The number of nitrogens with one attached hydrogen (secondary N) is 1. The van der Waals surface area contributed by atoms with Crippen LogP contribution in [-0.4, -0.2) is 44.0 Å². The highest BCUT2D eigenvalue weighted by molar-refractivity contribution is 7.90. The molecule has 29 heavy (non-hydrogen) atoms. The molecule has 1 unspecified atom stereocenters. The van der Waals surface area contributed by atoms with E-state index in [4.69, 9.17) is 5.26 Å². The first kappa shape index (κ1) is 22.0. The Morgan fingerprint density at radius 1 is 1.17 bits per heavy atom. The molecule has 0 aliphatic carbocycles. The fourth-order valence-corrected chi connectivity index (χ4v) is 4.21. The number of carbonyl (C=O) groups excluding carboxylic acids is 2. The number of nitrogens with zero attached hydrogens (tertiary/aromatic N) is 2. The summed E-state index contributed by atoms with van der Waals surface area (Å²) >= 11 is 0. The van der Waals surface area contributed by atoms with Gasteiger partial charge in [0.15, 0.2) is 16.0 Å². The van der Waals surface area contributed by atoms with Gasteiger partial charge in [-0.2, -0.15) is 5.26 Å². The molecule has 9 heteroatoms. The molecule has 0 radical (unpaired) electrons. The Morgan fingerprint density at radius 3 is 2.45 bits per heavy atom. The summed E-state index contributed by atoms with van der Waals surface area (Å²) in [6.45, 7) is 1.51. The van der Waals surface area contributed by atoms with E-state index in [0.717, 1.165) is 7.05 Å². The fraction of sp³-hybridized carbons (Fsp3) is 0.250. The second kappa shape index (κ2) is 9.30. The predicted octanol–water partition coefficient (Wildman–Crippen LogP) is 1.79. The van der Waals surface area contributed by atoms with Gasteiger partial charge in [0.25, 0.3) is 11.8 Å². The molecule has 7 nitrogen and oxygen atoms in total. The Morgan fingerprint density at radius 2 is 1.83 bits per heavy atom. The molecule has 0 aliphatic rings. The van der Waals surface area contributed by atoms with Crippen LogP contribution in [0, 0.1) is 24.2 Å². The van der Waals surface area contributed by atoms with Gasteiger partial charge in [-0.25, -0.2) is 12.8 Å². The van der Waals surface area contributed by atoms with E-state index in [-0.39, 0.29) is 11.1 Å². The van der Waals surface area contributed by atoms with Crippen molar-refractivity contribution in [3.63, 3.8) is 0 Å². The Kier molecular flexibility index (Phi) is 7.07. The molecule has 152 valence electrons. The molecule has 0 aliphatic heterocycles. The summed E-state index contributed by atoms with van der Waals surface area (Å²) in [5.74, 6) is -3.59. The monoisotopic (exact) mass is 417 g/mol. The molecule has 1 atom stereocenters. The number of nitriles is 1. The van der Waals surface area contributed by atoms with Crippen LogP contribution in [0.3, 0.4) is 0 Å². The SMILES string of the molecule is Cc1cccc(CS(=O)(=O)CC(NC(=O)c2ccccc2)C(=O)N(C)C#N)c1F. The summed E-state index contributed by atoms with van der Waals surface area (Å²) in [6.07, 6.45) is 1.59. The first-order valence-electron chi connectivity index (χ1n) is 8.62. The summed E-state index contributed by atoms with van der Waals surface area (Å²) in [7, 11) is -2.84. The molecule has 2 aromatic rings. The van der Waals surface area contributed by atoms with Gasteiger partial charge in [0.05, 0.1) is 11.5 Å². The lowest BCUT2D eigenvalue weighted by atomic mass is 10.1. The number of likely N-dealkylation sites (N-methyl/N-ethyl adjacent to an activating group) is 1. The minimum absolute atomic E-state index is 0.0285. The number of hydrogen-bond acceptors (Lipinski definition) is 5. The lowest BCUT2D eigenvalue weighted by Gasteiger charge is -2.20. The first-order chi connectivity index (χ1) is 13.6. The third kappa shape index (κ3) is 5.86. The van der Waals surface area contributed by atoms with Gasteiger partial charge in [-0.3, -0.25) is 14.5 Å². The van der Waals surface area contributed by atoms with Crippen LogP contribution < -0.4 is 5.32 Å². The smallest absolute Gasteiger partial charge is 0.258 e. The minimum atomic E-state index is -4.00. The zero-order valence-corrected chi connectivity index (χ0v) is 16.7. The number of hydrogen-bond donors (Lipinski definition) is 1. The molecule has 0 spiro atoms. The minimum Gasteiger partial charge on any atom is -0.339 e. The van der Waals surface area contributed by atoms with E-state index in [0.29, 0.717) is 10.5 Å². The van der Waals surface area contributed by atoms with Crippen molar-refractivity contribution in [2.45, 2.75) is 18.7 Å². The molecular weight excluding hydrogens is 397 g/mol. The second-order valence-corrected chi connectivity index (χ2v) is 8.60. The molecular formula is C20H20FN3O4S. The number of rotatable bonds is 7. The lowest BCUT2D eigenvalue weighted by molar-refractivity contribution is -0.128. The fourth-order valence-electron chi connectivity index (χ4n) is 2.66. The van der Waals surface area contributed by atoms with Crippen molar-refractivity contribution in [2.75, 3.05) is 12.8 Å². The Hall–Kier alpha value is -3.25. The van der Waals surface area contributed by atoms with Gasteiger partial charge in [-0.05, 0) is 24.6 Å². The quantitative estimate of drug-likeness (QED) is 0.546. The van der Waals surface area contributed by atoms with Crippen molar-refractivity contribution in [2.24, 2.45) is 0 Å². The topological polar surface area (TPSA) is 107 Å². The van der Waals surface area contributed by atoms with E-state index in [9.17, 15) is 22.4 Å². The van der Waals surface area contributed by atoms with Crippen LogP contribution in [0.5, 0.6) is 0 Å². The maximum Gasteiger partial charge on any atom is 0.258 e. The molecule has 0 aromatic heterocycles. The second-order valence-electron chi connectivity index (χ2n) is 6.49. The van der Waals surface area contributed by atoms with Crippen molar-refractivity contribution in [3.8, 4) is 6.19 Å². The summed E-state index contributed by atoms with van der Waals surface area (Å²) in [5.41, 5.74) is 0.498. The number of aryl methyl sites for hydroxylation is 1. The highest BCUT2D eigenvalue weighted by atomic mass is 32.2. The molecule has 1 N–H and O–H groups in total. The van der Waals surface area contributed by atoms with Gasteiger partial charge in [0.1, 0.15) is 11.9 Å². The zero-order chi connectivity index (χ0) is 21.6. The molecule has 0 saturated heterocycles. The van der Waals surface area contributed by atoms with E-state index in [1.165, 1.54) is 37.3 Å². The maximum atomic E-state index is 14.2. The van der Waals surface area contributed by atoms with Crippen LogP contribution in [0.25, 0.3) is 0 Å². The van der Waals surface area contributed by atoms with Crippen molar-refractivity contribution >= 4 is 21.7 Å². The van der Waals surface area contributed by atoms with E-state index < -0.39 is 45.0 Å². The first-order valence-corrected chi connectivity index (χ1v) is 10.4. The molecule has 0 bridgehead atoms. The number of amides is 2. The van der Waals surface area contributed by atoms with Crippen LogP contribution >= 0.6 is 0 Å². The Balaban J connectivity index is 2.26. The number of sulfone groups is 1. The third-order valence-electron chi connectivity index (χ3n) is 4.19. The van der Waals surface area contributed by atoms with Gasteiger partial charge in [0.2, 0.25) is 0 Å². The summed E-state index contributed by atoms with van der Waals surface area (Å²) in [6, 6.07) is 10.8. The van der Waals surface area contributed by atoms with Crippen molar-refractivity contribution in [1.29, 1.82) is 5.26 Å². The van der Waals surface area contributed by atoms with Crippen molar-refractivity contribution in [1.82, 2.24) is 10.2 Å². The lowest BCUT2D eigenvalue weighted by Crippen LogP contribution is -2.50. The van der Waals surface area contributed by atoms with Gasteiger partial charge in [0, 0.05) is 18.2 Å². The van der Waals surface area contributed by atoms with Crippen molar-refractivity contribution < 1.29 is 22.4 Å². The van der Waals surface area contributed by atoms with E-state index in [1.54, 1.807) is 24.4 Å². The van der Waals surface area contributed by atoms with Gasteiger partial charge in [-0.15, -0.1) is 0 Å². The highest BCUT2D eigenvalue weighted by Crippen LogP contribution is 2.16. The molecule has 0 saturated carbocycles. The number of halogens is 1. The van der Waals surface area contributed by atoms with Crippen LogP contribution in [0.2, 0.25) is 0 Å². The van der Waals surface area contributed by atoms with E-state index >= 15 is 0 Å². The number of benzene rings is 2. The molecule has 0 heterocycles. The van der Waals surface area contributed by atoms with Crippen molar-refractivity contribution in [3.05, 3.63) is 71.0 Å². The van der Waals surface area contributed by atoms with Gasteiger partial charge < -0.3 is 5.32 Å². The normalized spacial score (nSPS) is 11.9. The van der Waals surface area contributed by atoms with Crippen LogP contribution in [0.4, 0.5) is 4.39 Å².